The van der Waals surface area contributed by atoms with Crippen molar-refractivity contribution in [3.63, 3.8) is 0 Å². The number of halogens is 4. The number of aromatic nitrogens is 1. The van der Waals surface area contributed by atoms with Crippen LogP contribution >= 0.6 is 11.6 Å². The van der Waals surface area contributed by atoms with Crippen LogP contribution in [0.15, 0.2) is 42.6 Å². The van der Waals surface area contributed by atoms with E-state index in [1.807, 2.05) is 0 Å². The molecule has 0 fully saturated rings. The maximum absolute atomic E-state index is 12.2. The van der Waals surface area contributed by atoms with E-state index in [4.69, 9.17) is 11.6 Å². The summed E-state index contributed by atoms with van der Waals surface area (Å²) in [6.07, 6.45) is -3.07. The van der Waals surface area contributed by atoms with Gasteiger partial charge < -0.3 is 10.1 Å². The van der Waals surface area contributed by atoms with Gasteiger partial charge in [0.2, 0.25) is 11.8 Å². The zero-order valence-electron chi connectivity index (χ0n) is 12.4. The van der Waals surface area contributed by atoms with Crippen LogP contribution in [0.4, 0.5) is 13.2 Å². The highest BCUT2D eigenvalue weighted by molar-refractivity contribution is 6.31. The zero-order chi connectivity index (χ0) is 17.6. The molecule has 0 aliphatic heterocycles. The number of carbonyl (C=O) groups excluding carboxylic acids is 1. The Balaban J connectivity index is 1.94. The molecule has 0 radical (unpaired) electrons. The van der Waals surface area contributed by atoms with Crippen molar-refractivity contribution in [1.29, 1.82) is 0 Å². The second kappa shape index (κ2) is 8.01. The van der Waals surface area contributed by atoms with Gasteiger partial charge in [-0.3, -0.25) is 4.79 Å². The second-order valence-corrected chi connectivity index (χ2v) is 5.32. The van der Waals surface area contributed by atoms with E-state index in [0.29, 0.717) is 16.1 Å². The van der Waals surface area contributed by atoms with E-state index in [9.17, 15) is 18.0 Å². The summed E-state index contributed by atoms with van der Waals surface area (Å²) in [4.78, 5) is 15.7. The molecule has 0 aliphatic carbocycles. The molecular formula is C16H14ClF3N2O2. The van der Waals surface area contributed by atoms with Crippen LogP contribution in [-0.4, -0.2) is 23.7 Å². The molecule has 0 aliphatic rings. The molecule has 0 spiro atoms. The van der Waals surface area contributed by atoms with Gasteiger partial charge in [0.25, 0.3) is 0 Å². The average molecular weight is 359 g/mol. The molecule has 1 amide bonds. The van der Waals surface area contributed by atoms with Crippen molar-refractivity contribution in [2.24, 2.45) is 0 Å². The van der Waals surface area contributed by atoms with Gasteiger partial charge in [0, 0.05) is 23.3 Å². The smallest absolute Gasteiger partial charge is 0.422 e. The number of alkyl halides is 3. The quantitative estimate of drug-likeness (QED) is 0.859. The van der Waals surface area contributed by atoms with E-state index >= 15 is 0 Å². The maximum atomic E-state index is 12.2. The van der Waals surface area contributed by atoms with Crippen LogP contribution < -0.4 is 10.1 Å². The highest BCUT2D eigenvalue weighted by atomic mass is 35.5. The molecule has 2 aromatic rings. The summed E-state index contributed by atoms with van der Waals surface area (Å²) in [7, 11) is 0. The van der Waals surface area contributed by atoms with Crippen LogP contribution in [0.2, 0.25) is 5.02 Å². The molecule has 24 heavy (non-hydrogen) atoms. The molecule has 1 aromatic heterocycles. The molecule has 4 nitrogen and oxygen atoms in total. The van der Waals surface area contributed by atoms with Crippen LogP contribution in [-0.2, 0) is 17.8 Å². The first kappa shape index (κ1) is 18.1. The van der Waals surface area contributed by atoms with Gasteiger partial charge in [0.1, 0.15) is 0 Å². The van der Waals surface area contributed by atoms with Crippen LogP contribution in [0.1, 0.15) is 11.1 Å². The van der Waals surface area contributed by atoms with Gasteiger partial charge in [-0.1, -0.05) is 35.9 Å². The normalized spacial score (nSPS) is 11.2. The predicted octanol–water partition coefficient (Wildman–Crippen LogP) is 3.54. The summed E-state index contributed by atoms with van der Waals surface area (Å²) in [6, 6.07) is 10.0. The Bertz CT molecular complexity index is 708. The third-order valence-corrected chi connectivity index (χ3v) is 3.38. The Kier molecular flexibility index (Phi) is 6.03. The maximum Gasteiger partial charge on any atom is 0.422 e. The van der Waals surface area contributed by atoms with Gasteiger partial charge in [-0.15, -0.1) is 0 Å². The Labute approximate surface area is 141 Å². The molecule has 1 N–H and O–H groups in total. The first-order valence-electron chi connectivity index (χ1n) is 6.99. The van der Waals surface area contributed by atoms with Gasteiger partial charge in [0.05, 0.1) is 6.42 Å². The van der Waals surface area contributed by atoms with E-state index in [2.05, 4.69) is 15.0 Å². The van der Waals surface area contributed by atoms with Crippen LogP contribution in [0.25, 0.3) is 0 Å². The topological polar surface area (TPSA) is 51.2 Å². The fourth-order valence-corrected chi connectivity index (χ4v) is 2.11. The lowest BCUT2D eigenvalue weighted by Crippen LogP contribution is -2.26. The molecule has 2 rings (SSSR count). The van der Waals surface area contributed by atoms with Crippen molar-refractivity contribution in [3.05, 3.63) is 58.7 Å². The molecule has 8 heteroatoms. The molecule has 128 valence electrons. The number of carbonyl (C=O) groups is 1. The van der Waals surface area contributed by atoms with Crippen molar-refractivity contribution in [2.75, 3.05) is 6.61 Å². The van der Waals surface area contributed by atoms with Gasteiger partial charge in [-0.25, -0.2) is 4.98 Å². The number of nitrogens with one attached hydrogen (secondary N) is 1. The van der Waals surface area contributed by atoms with Crippen LogP contribution in [0.5, 0.6) is 5.88 Å². The van der Waals surface area contributed by atoms with E-state index in [1.165, 1.54) is 12.3 Å². The number of ether oxygens (including phenoxy) is 1. The number of benzene rings is 1. The third kappa shape index (κ3) is 5.73. The van der Waals surface area contributed by atoms with Crippen molar-refractivity contribution >= 4 is 17.5 Å². The molecular weight excluding hydrogens is 345 g/mol. The third-order valence-electron chi connectivity index (χ3n) is 3.01. The summed E-state index contributed by atoms with van der Waals surface area (Å²) in [6.45, 7) is -1.44. The lowest BCUT2D eigenvalue weighted by molar-refractivity contribution is -0.154. The van der Waals surface area contributed by atoms with Gasteiger partial charge in [-0.05, 0) is 17.7 Å². The minimum atomic E-state index is -4.46. The minimum Gasteiger partial charge on any atom is -0.468 e. The number of rotatable bonds is 6. The Morgan fingerprint density at radius 2 is 1.88 bits per heavy atom. The number of pyridine rings is 1. The van der Waals surface area contributed by atoms with Crippen molar-refractivity contribution in [1.82, 2.24) is 10.3 Å². The van der Waals surface area contributed by atoms with Crippen molar-refractivity contribution in [3.8, 4) is 5.88 Å². The largest absolute Gasteiger partial charge is 0.468 e. The Hall–Kier alpha value is -2.28. The molecule has 0 unspecified atom stereocenters. The molecule has 0 saturated heterocycles. The van der Waals surface area contributed by atoms with E-state index < -0.39 is 12.8 Å². The monoisotopic (exact) mass is 358 g/mol. The fourth-order valence-electron chi connectivity index (χ4n) is 1.91. The van der Waals surface area contributed by atoms with Crippen LogP contribution in [0, 0.1) is 0 Å². The molecule has 0 saturated carbocycles. The highest BCUT2D eigenvalue weighted by Gasteiger charge is 2.29. The standard InChI is InChI=1S/C16H14ClF3N2O2/c17-13-6-2-1-4-11(13)8-14(23)22-9-12-5-3-7-21-15(12)24-10-16(18,19)20/h1-7H,8-10H2,(H,22,23). The van der Waals surface area contributed by atoms with Gasteiger partial charge in [-0.2, -0.15) is 13.2 Å². The van der Waals surface area contributed by atoms with Crippen molar-refractivity contribution < 1.29 is 22.7 Å². The first-order valence-corrected chi connectivity index (χ1v) is 7.36. The minimum absolute atomic E-state index is 0.00428. The van der Waals surface area contributed by atoms with Crippen LogP contribution in [0.3, 0.4) is 0 Å². The summed E-state index contributed by atoms with van der Waals surface area (Å²) < 4.78 is 41.4. The Morgan fingerprint density at radius 1 is 1.17 bits per heavy atom. The number of amides is 1. The molecule has 1 aromatic carbocycles. The highest BCUT2D eigenvalue weighted by Crippen LogP contribution is 2.20. The lowest BCUT2D eigenvalue weighted by atomic mass is 10.1. The summed E-state index contributed by atoms with van der Waals surface area (Å²) in [5.74, 6) is -0.471. The molecule has 1 heterocycles. The fraction of sp³-hybridized carbons (Fsp3) is 0.250. The number of hydrogen-bond acceptors (Lipinski definition) is 3. The van der Waals surface area contributed by atoms with Crippen molar-refractivity contribution in [2.45, 2.75) is 19.1 Å². The van der Waals surface area contributed by atoms with E-state index in [0.717, 1.165) is 0 Å². The van der Waals surface area contributed by atoms with E-state index in [-0.39, 0.29) is 24.8 Å². The van der Waals surface area contributed by atoms with Gasteiger partial charge >= 0.3 is 6.18 Å². The SMILES string of the molecule is O=C(Cc1ccccc1Cl)NCc1cccnc1OCC(F)(F)F. The summed E-state index contributed by atoms with van der Waals surface area (Å²) in [5, 5.41) is 3.09. The Morgan fingerprint density at radius 3 is 2.58 bits per heavy atom. The first-order chi connectivity index (χ1) is 11.3. The van der Waals surface area contributed by atoms with E-state index in [1.54, 1.807) is 30.3 Å². The molecule has 0 bridgehead atoms. The molecule has 0 atom stereocenters. The lowest BCUT2D eigenvalue weighted by Gasteiger charge is -2.12. The summed E-state index contributed by atoms with van der Waals surface area (Å²) in [5.41, 5.74) is 1.02. The number of nitrogens with zero attached hydrogens (tertiary/aromatic N) is 1. The van der Waals surface area contributed by atoms with Gasteiger partial charge in [0.15, 0.2) is 6.61 Å². The second-order valence-electron chi connectivity index (χ2n) is 4.92. The zero-order valence-corrected chi connectivity index (χ0v) is 13.2. The average Bonchev–Trinajstić information content (AvgIpc) is 2.53. The summed E-state index contributed by atoms with van der Waals surface area (Å²) >= 11 is 5.98. The number of hydrogen-bond donors (Lipinski definition) is 1. The predicted molar refractivity (Wildman–Crippen MR) is 82.8 cm³/mol.